The first-order valence-corrected chi connectivity index (χ1v) is 12.6. The fourth-order valence-corrected chi connectivity index (χ4v) is 5.51. The van der Waals surface area contributed by atoms with Gasteiger partial charge in [0, 0.05) is 19.5 Å². The maximum atomic E-state index is 13.8. The normalized spacial score (nSPS) is 21.7. The number of halogens is 1. The highest BCUT2D eigenvalue weighted by Gasteiger charge is 2.55. The van der Waals surface area contributed by atoms with E-state index in [0.717, 1.165) is 51.0 Å². The summed E-state index contributed by atoms with van der Waals surface area (Å²) in [5, 5.41) is 3.12. The monoisotopic (exact) mass is 480 g/mol. The maximum absolute atomic E-state index is 13.8. The van der Waals surface area contributed by atoms with Gasteiger partial charge in [0.1, 0.15) is 11.4 Å². The lowest BCUT2D eigenvalue weighted by atomic mass is 9.74. The Morgan fingerprint density at radius 1 is 1.06 bits per heavy atom. The number of aryl methyl sites for hydroxylation is 1. The van der Waals surface area contributed by atoms with Crippen molar-refractivity contribution in [2.45, 2.75) is 44.7 Å². The van der Waals surface area contributed by atoms with Crippen molar-refractivity contribution in [3.63, 3.8) is 0 Å². The molecule has 2 saturated heterocycles. The third kappa shape index (κ3) is 5.90. The summed E-state index contributed by atoms with van der Waals surface area (Å²) in [6.07, 6.45) is 2.76. The van der Waals surface area contributed by atoms with E-state index < -0.39 is 5.54 Å². The van der Waals surface area contributed by atoms with Crippen molar-refractivity contribution in [1.29, 1.82) is 0 Å². The Hall–Kier alpha value is -2.77. The van der Waals surface area contributed by atoms with E-state index in [0.29, 0.717) is 13.0 Å². The minimum atomic E-state index is -0.984. The summed E-state index contributed by atoms with van der Waals surface area (Å²) in [5.74, 6) is -0.418. The van der Waals surface area contributed by atoms with Crippen molar-refractivity contribution < 1.29 is 14.0 Å². The summed E-state index contributed by atoms with van der Waals surface area (Å²) in [5.41, 5.74) is 2.42. The first-order valence-electron chi connectivity index (χ1n) is 12.6. The molecule has 2 aromatic carbocycles. The molecule has 2 aromatic rings. The number of hydrogen-bond donors (Lipinski definition) is 1. The van der Waals surface area contributed by atoms with Crippen LogP contribution in [0.3, 0.4) is 0 Å². The number of amides is 3. The summed E-state index contributed by atoms with van der Waals surface area (Å²) in [7, 11) is 3.96. The van der Waals surface area contributed by atoms with Gasteiger partial charge in [-0.15, -0.1) is 0 Å². The molecular weight excluding hydrogens is 443 g/mol. The van der Waals surface area contributed by atoms with Gasteiger partial charge in [0.05, 0.1) is 0 Å². The number of piperidine rings is 1. The van der Waals surface area contributed by atoms with Crippen molar-refractivity contribution >= 4 is 11.9 Å². The van der Waals surface area contributed by atoms with Crippen LogP contribution < -0.4 is 5.32 Å². The quantitative estimate of drug-likeness (QED) is 0.555. The molecule has 35 heavy (non-hydrogen) atoms. The first kappa shape index (κ1) is 25.3. The van der Waals surface area contributed by atoms with Crippen molar-refractivity contribution in [2.24, 2.45) is 5.92 Å². The summed E-state index contributed by atoms with van der Waals surface area (Å²) < 4.78 is 13.5. The van der Waals surface area contributed by atoms with E-state index >= 15 is 0 Å². The SMILES string of the molecule is Cc1cccc(CN2CCC([C@@]3(Cc4ccc(F)cc4)NC(=O)N(CCCN(C)C)C3=O)CC2)c1. The van der Waals surface area contributed by atoms with Gasteiger partial charge < -0.3 is 10.2 Å². The van der Waals surface area contributed by atoms with Gasteiger partial charge in [-0.3, -0.25) is 14.6 Å². The van der Waals surface area contributed by atoms with E-state index in [-0.39, 0.29) is 23.7 Å². The molecule has 1 N–H and O–H groups in total. The average Bonchev–Trinajstić information content (AvgIpc) is 3.06. The highest BCUT2D eigenvalue weighted by Crippen LogP contribution is 2.37. The van der Waals surface area contributed by atoms with Crippen LogP contribution in [0.4, 0.5) is 9.18 Å². The molecule has 0 saturated carbocycles. The van der Waals surface area contributed by atoms with Gasteiger partial charge in [0.25, 0.3) is 5.91 Å². The second-order valence-corrected chi connectivity index (χ2v) is 10.4. The number of nitrogens with one attached hydrogen (secondary N) is 1. The molecular formula is C28H37FN4O2. The number of carbonyl (C=O) groups is 2. The fourth-order valence-electron chi connectivity index (χ4n) is 5.51. The molecule has 0 aliphatic carbocycles. The van der Waals surface area contributed by atoms with E-state index in [1.54, 1.807) is 12.1 Å². The van der Waals surface area contributed by atoms with Gasteiger partial charge in [-0.05, 0) is 89.1 Å². The van der Waals surface area contributed by atoms with E-state index in [2.05, 4.69) is 41.4 Å². The van der Waals surface area contributed by atoms with Crippen molar-refractivity contribution in [2.75, 3.05) is 40.3 Å². The van der Waals surface area contributed by atoms with Gasteiger partial charge in [0.2, 0.25) is 0 Å². The fraction of sp³-hybridized carbons (Fsp3) is 0.500. The smallest absolute Gasteiger partial charge is 0.322 e. The third-order valence-electron chi connectivity index (χ3n) is 7.36. The lowest BCUT2D eigenvalue weighted by Crippen LogP contribution is -2.57. The number of nitrogens with zero attached hydrogens (tertiary/aromatic N) is 3. The zero-order chi connectivity index (χ0) is 25.0. The zero-order valence-corrected chi connectivity index (χ0v) is 21.1. The van der Waals surface area contributed by atoms with Crippen LogP contribution in [0.25, 0.3) is 0 Å². The van der Waals surface area contributed by atoms with Crippen LogP contribution in [0, 0.1) is 18.7 Å². The van der Waals surface area contributed by atoms with E-state index in [1.165, 1.54) is 28.2 Å². The van der Waals surface area contributed by atoms with Crippen LogP contribution in [-0.4, -0.2) is 72.5 Å². The topological polar surface area (TPSA) is 55.9 Å². The molecule has 4 rings (SSSR count). The second kappa shape index (κ2) is 10.9. The number of carbonyl (C=O) groups excluding carboxylic acids is 2. The molecule has 0 spiro atoms. The molecule has 2 aliphatic heterocycles. The van der Waals surface area contributed by atoms with Crippen LogP contribution in [-0.2, 0) is 17.8 Å². The predicted octanol–water partition coefficient (Wildman–Crippen LogP) is 3.83. The first-order chi connectivity index (χ1) is 16.8. The molecule has 0 aromatic heterocycles. The van der Waals surface area contributed by atoms with Crippen LogP contribution in [0.1, 0.15) is 36.0 Å². The molecule has 0 unspecified atom stereocenters. The summed E-state index contributed by atoms with van der Waals surface area (Å²) in [6.45, 7) is 5.94. The molecule has 0 bridgehead atoms. The van der Waals surface area contributed by atoms with Crippen LogP contribution in [0.5, 0.6) is 0 Å². The number of urea groups is 1. The van der Waals surface area contributed by atoms with E-state index in [9.17, 15) is 14.0 Å². The molecule has 3 amide bonds. The second-order valence-electron chi connectivity index (χ2n) is 10.4. The van der Waals surface area contributed by atoms with Gasteiger partial charge in [0.15, 0.2) is 0 Å². The van der Waals surface area contributed by atoms with Crippen molar-refractivity contribution in [3.8, 4) is 0 Å². The standard InChI is InChI=1S/C28H37FN4O2/c1-21-6-4-7-23(18-21)20-32-16-12-24(13-17-32)28(19-22-8-10-25(29)11-9-22)26(34)33(27(35)30-28)15-5-14-31(2)3/h4,6-11,18,24H,5,12-17,19-20H2,1-3H3,(H,30,35)/t28-/m1/s1. The molecule has 2 heterocycles. The lowest BCUT2D eigenvalue weighted by molar-refractivity contribution is -0.134. The number of benzene rings is 2. The minimum absolute atomic E-state index is 0.0246. The lowest BCUT2D eigenvalue weighted by Gasteiger charge is -2.41. The Kier molecular flexibility index (Phi) is 7.87. The largest absolute Gasteiger partial charge is 0.325 e. The number of hydrogen-bond acceptors (Lipinski definition) is 4. The van der Waals surface area contributed by atoms with Crippen LogP contribution in [0.15, 0.2) is 48.5 Å². The molecule has 1 atom stereocenters. The van der Waals surface area contributed by atoms with Gasteiger partial charge in [-0.2, -0.15) is 0 Å². The molecule has 2 aliphatic rings. The van der Waals surface area contributed by atoms with Gasteiger partial charge in [-0.25, -0.2) is 9.18 Å². The predicted molar refractivity (Wildman–Crippen MR) is 135 cm³/mol. The van der Waals surface area contributed by atoms with Gasteiger partial charge >= 0.3 is 6.03 Å². The van der Waals surface area contributed by atoms with Crippen LogP contribution in [0.2, 0.25) is 0 Å². The van der Waals surface area contributed by atoms with Crippen molar-refractivity contribution in [1.82, 2.24) is 20.0 Å². The maximum Gasteiger partial charge on any atom is 0.325 e. The summed E-state index contributed by atoms with van der Waals surface area (Å²) in [4.78, 5) is 32.7. The van der Waals surface area contributed by atoms with Gasteiger partial charge in [-0.1, -0.05) is 42.0 Å². The number of imide groups is 1. The molecule has 6 nitrogen and oxygen atoms in total. The summed E-state index contributed by atoms with van der Waals surface area (Å²) in [6, 6.07) is 14.5. The highest BCUT2D eigenvalue weighted by molar-refractivity contribution is 6.07. The Morgan fingerprint density at radius 3 is 2.43 bits per heavy atom. The minimum Gasteiger partial charge on any atom is -0.322 e. The Morgan fingerprint density at radius 2 is 1.77 bits per heavy atom. The molecule has 7 heteroatoms. The third-order valence-corrected chi connectivity index (χ3v) is 7.36. The molecule has 2 fully saturated rings. The highest BCUT2D eigenvalue weighted by atomic mass is 19.1. The molecule has 0 radical (unpaired) electrons. The number of likely N-dealkylation sites (tertiary alicyclic amines) is 1. The van der Waals surface area contributed by atoms with E-state index in [4.69, 9.17) is 0 Å². The number of rotatable bonds is 9. The Labute approximate surface area is 208 Å². The van der Waals surface area contributed by atoms with Crippen molar-refractivity contribution in [3.05, 3.63) is 71.0 Å². The Bertz CT molecular complexity index is 1030. The van der Waals surface area contributed by atoms with Crippen LogP contribution >= 0.6 is 0 Å². The van der Waals surface area contributed by atoms with E-state index in [1.807, 2.05) is 19.0 Å². The Balaban J connectivity index is 1.51. The summed E-state index contributed by atoms with van der Waals surface area (Å²) >= 11 is 0. The zero-order valence-electron chi connectivity index (χ0n) is 21.1. The molecule has 188 valence electrons. The average molecular weight is 481 g/mol.